The SMILES string of the molecule is COc1ccc(-c2nc3c(C)cc(C4CCN(C5CCNCC5)CC4)cc3n2C)cc1OC. The quantitative estimate of drug-likeness (QED) is 0.623. The molecule has 2 aromatic carbocycles. The highest BCUT2D eigenvalue weighted by molar-refractivity contribution is 5.84. The van der Waals surface area contributed by atoms with Crippen LogP contribution in [0, 0.1) is 6.92 Å². The van der Waals surface area contributed by atoms with Crippen molar-refractivity contribution < 1.29 is 9.47 Å². The van der Waals surface area contributed by atoms with Crippen molar-refractivity contribution in [3.05, 3.63) is 41.5 Å². The van der Waals surface area contributed by atoms with Crippen LogP contribution in [0.5, 0.6) is 11.5 Å². The molecule has 5 rings (SSSR count). The Kier molecular flexibility index (Phi) is 6.30. The van der Waals surface area contributed by atoms with Crippen LogP contribution in [0.15, 0.2) is 30.3 Å². The van der Waals surface area contributed by atoms with E-state index in [9.17, 15) is 0 Å². The number of nitrogens with one attached hydrogen (secondary N) is 1. The minimum Gasteiger partial charge on any atom is -0.493 e. The number of methoxy groups -OCH3 is 2. The van der Waals surface area contributed by atoms with Gasteiger partial charge in [0.05, 0.1) is 25.3 Å². The molecule has 0 spiro atoms. The smallest absolute Gasteiger partial charge is 0.161 e. The molecule has 6 heteroatoms. The Balaban J connectivity index is 1.41. The number of aromatic nitrogens is 2. The van der Waals surface area contributed by atoms with Crippen LogP contribution in [-0.2, 0) is 7.05 Å². The number of fused-ring (bicyclic) bond motifs is 1. The van der Waals surface area contributed by atoms with Gasteiger partial charge in [0, 0.05) is 18.7 Å². The molecule has 0 atom stereocenters. The first-order valence-corrected chi connectivity index (χ1v) is 12.2. The van der Waals surface area contributed by atoms with Crippen molar-refractivity contribution in [1.29, 1.82) is 0 Å². The molecule has 2 saturated heterocycles. The second-order valence-electron chi connectivity index (χ2n) is 9.56. The molecule has 0 amide bonds. The van der Waals surface area contributed by atoms with E-state index in [1.165, 1.54) is 68.5 Å². The fourth-order valence-electron chi connectivity index (χ4n) is 5.72. The first-order valence-electron chi connectivity index (χ1n) is 12.2. The number of likely N-dealkylation sites (tertiary alicyclic amines) is 1. The van der Waals surface area contributed by atoms with E-state index in [1.807, 2.05) is 12.1 Å². The predicted octanol–water partition coefficient (Wildman–Crippen LogP) is 4.50. The molecule has 0 bridgehead atoms. The molecule has 6 nitrogen and oxygen atoms in total. The van der Waals surface area contributed by atoms with Crippen LogP contribution in [0.3, 0.4) is 0 Å². The van der Waals surface area contributed by atoms with Crippen molar-refractivity contribution in [3.8, 4) is 22.9 Å². The normalized spacial score (nSPS) is 18.7. The molecule has 2 aliphatic heterocycles. The summed E-state index contributed by atoms with van der Waals surface area (Å²) in [5.41, 5.74) is 6.04. The van der Waals surface area contributed by atoms with Crippen LogP contribution in [0.2, 0.25) is 0 Å². The van der Waals surface area contributed by atoms with Gasteiger partial charge in [-0.3, -0.25) is 0 Å². The number of imidazole rings is 1. The van der Waals surface area contributed by atoms with E-state index in [1.54, 1.807) is 14.2 Å². The lowest BCUT2D eigenvalue weighted by molar-refractivity contribution is 0.127. The standard InChI is InChI=1S/C27H36N4O2/c1-18-15-21(19-9-13-31(14-10-19)22-7-11-28-12-8-22)16-23-26(18)29-27(30(23)2)20-5-6-24(32-3)25(17-20)33-4/h5-6,15-17,19,22,28H,7-14H2,1-4H3. The van der Waals surface area contributed by atoms with Crippen molar-refractivity contribution >= 4 is 11.0 Å². The van der Waals surface area contributed by atoms with Gasteiger partial charge in [-0.25, -0.2) is 4.98 Å². The minimum atomic E-state index is 0.630. The van der Waals surface area contributed by atoms with Gasteiger partial charge < -0.3 is 24.3 Å². The number of benzene rings is 2. The van der Waals surface area contributed by atoms with E-state index in [0.29, 0.717) is 5.92 Å². The molecule has 1 N–H and O–H groups in total. The largest absolute Gasteiger partial charge is 0.493 e. The Morgan fingerprint density at radius 1 is 0.939 bits per heavy atom. The van der Waals surface area contributed by atoms with Crippen LogP contribution in [0.4, 0.5) is 0 Å². The summed E-state index contributed by atoms with van der Waals surface area (Å²) in [6, 6.07) is 11.5. The molecule has 3 heterocycles. The Bertz CT molecular complexity index is 1120. The van der Waals surface area contributed by atoms with Gasteiger partial charge in [0.1, 0.15) is 5.82 Å². The van der Waals surface area contributed by atoms with Crippen molar-refractivity contribution in [2.24, 2.45) is 7.05 Å². The lowest BCUT2D eigenvalue weighted by atomic mass is 9.87. The Labute approximate surface area is 196 Å². The predicted molar refractivity (Wildman–Crippen MR) is 133 cm³/mol. The lowest BCUT2D eigenvalue weighted by Gasteiger charge is -2.39. The summed E-state index contributed by atoms with van der Waals surface area (Å²) in [5.74, 6) is 3.03. The van der Waals surface area contributed by atoms with Crippen molar-refractivity contribution in [2.75, 3.05) is 40.4 Å². The number of nitrogens with zero attached hydrogens (tertiary/aromatic N) is 3. The van der Waals surface area contributed by atoms with Gasteiger partial charge in [0.25, 0.3) is 0 Å². The van der Waals surface area contributed by atoms with Crippen molar-refractivity contribution in [2.45, 2.75) is 44.6 Å². The molecule has 176 valence electrons. The van der Waals surface area contributed by atoms with Crippen LogP contribution >= 0.6 is 0 Å². The van der Waals surface area contributed by atoms with Crippen molar-refractivity contribution in [3.63, 3.8) is 0 Å². The number of ether oxygens (including phenoxy) is 2. The average Bonchev–Trinajstić information content (AvgIpc) is 3.21. The number of hydrogen-bond donors (Lipinski definition) is 1. The van der Waals surface area contributed by atoms with Crippen LogP contribution in [-0.4, -0.2) is 60.9 Å². The summed E-state index contributed by atoms with van der Waals surface area (Å²) in [6.07, 6.45) is 5.08. The number of hydrogen-bond acceptors (Lipinski definition) is 5. The summed E-state index contributed by atoms with van der Waals surface area (Å²) in [6.45, 7) is 6.97. The van der Waals surface area contributed by atoms with Gasteiger partial charge in [-0.15, -0.1) is 0 Å². The summed E-state index contributed by atoms with van der Waals surface area (Å²) in [7, 11) is 5.45. The molecule has 0 radical (unpaired) electrons. The van der Waals surface area contributed by atoms with Crippen LogP contribution < -0.4 is 14.8 Å². The van der Waals surface area contributed by atoms with Crippen LogP contribution in [0.1, 0.15) is 42.7 Å². The highest BCUT2D eigenvalue weighted by atomic mass is 16.5. The third-order valence-electron chi connectivity index (χ3n) is 7.67. The van der Waals surface area contributed by atoms with E-state index in [0.717, 1.165) is 34.4 Å². The zero-order chi connectivity index (χ0) is 22.9. The third-order valence-corrected chi connectivity index (χ3v) is 7.67. The first-order chi connectivity index (χ1) is 16.1. The van der Waals surface area contributed by atoms with E-state index in [-0.39, 0.29) is 0 Å². The lowest BCUT2D eigenvalue weighted by Crippen LogP contribution is -2.46. The van der Waals surface area contributed by atoms with Crippen molar-refractivity contribution in [1.82, 2.24) is 19.8 Å². The Hall–Kier alpha value is -2.57. The maximum atomic E-state index is 5.52. The maximum Gasteiger partial charge on any atom is 0.161 e. The van der Waals surface area contributed by atoms with E-state index < -0.39 is 0 Å². The summed E-state index contributed by atoms with van der Waals surface area (Å²) in [5, 5.41) is 3.49. The fourth-order valence-corrected chi connectivity index (χ4v) is 5.72. The molecule has 0 saturated carbocycles. The third kappa shape index (κ3) is 4.22. The summed E-state index contributed by atoms with van der Waals surface area (Å²) in [4.78, 5) is 7.76. The van der Waals surface area contributed by atoms with Gasteiger partial charge in [-0.2, -0.15) is 0 Å². The van der Waals surface area contributed by atoms with Gasteiger partial charge in [0.2, 0.25) is 0 Å². The molecule has 0 aliphatic carbocycles. The van der Waals surface area contributed by atoms with Gasteiger partial charge >= 0.3 is 0 Å². The molecule has 2 fully saturated rings. The molecule has 3 aromatic rings. The average molecular weight is 449 g/mol. The molecule has 1 aromatic heterocycles. The number of piperidine rings is 2. The van der Waals surface area contributed by atoms with Crippen LogP contribution in [0.25, 0.3) is 22.4 Å². The second kappa shape index (κ2) is 9.35. The van der Waals surface area contributed by atoms with E-state index in [4.69, 9.17) is 14.5 Å². The Morgan fingerprint density at radius 2 is 1.67 bits per heavy atom. The summed E-state index contributed by atoms with van der Waals surface area (Å²) >= 11 is 0. The maximum absolute atomic E-state index is 5.52. The first kappa shape index (κ1) is 22.2. The molecule has 0 unspecified atom stereocenters. The van der Waals surface area contributed by atoms with Gasteiger partial charge in [0.15, 0.2) is 11.5 Å². The zero-order valence-corrected chi connectivity index (χ0v) is 20.4. The topological polar surface area (TPSA) is 51.5 Å². The number of rotatable bonds is 5. The highest BCUT2D eigenvalue weighted by Crippen LogP contribution is 2.36. The monoisotopic (exact) mass is 448 g/mol. The van der Waals surface area contributed by atoms with E-state index >= 15 is 0 Å². The van der Waals surface area contributed by atoms with Gasteiger partial charge in [-0.05, 0) is 100 Å². The molecule has 2 aliphatic rings. The van der Waals surface area contributed by atoms with E-state index in [2.05, 4.69) is 47.0 Å². The zero-order valence-electron chi connectivity index (χ0n) is 20.4. The minimum absolute atomic E-state index is 0.630. The highest BCUT2D eigenvalue weighted by Gasteiger charge is 2.27. The molecular formula is C27H36N4O2. The fraction of sp³-hybridized carbons (Fsp3) is 0.519. The number of aryl methyl sites for hydroxylation is 2. The van der Waals surface area contributed by atoms with Gasteiger partial charge in [-0.1, -0.05) is 6.07 Å². The summed E-state index contributed by atoms with van der Waals surface area (Å²) < 4.78 is 13.1. The second-order valence-corrected chi connectivity index (χ2v) is 9.56. The Morgan fingerprint density at radius 3 is 2.36 bits per heavy atom. The molecular weight excluding hydrogens is 412 g/mol. The molecule has 33 heavy (non-hydrogen) atoms.